The number of rotatable bonds is 6. The van der Waals surface area contributed by atoms with Gasteiger partial charge in [-0.15, -0.1) is 0 Å². The lowest BCUT2D eigenvalue weighted by Gasteiger charge is -2.25. The monoisotopic (exact) mass is 218 g/mol. The smallest absolute Gasteiger partial charge is 0.239 e. The van der Waals surface area contributed by atoms with Gasteiger partial charge >= 0.3 is 0 Å². The molecule has 2 N–H and O–H groups in total. The van der Waals surface area contributed by atoms with E-state index in [1.54, 1.807) is 11.8 Å². The molecule has 0 aliphatic heterocycles. The van der Waals surface area contributed by atoms with Crippen molar-refractivity contribution in [3.8, 4) is 0 Å². The van der Waals surface area contributed by atoms with Crippen LogP contribution in [0.3, 0.4) is 0 Å². The molecule has 14 heavy (non-hydrogen) atoms. The van der Waals surface area contributed by atoms with Crippen molar-refractivity contribution >= 4 is 17.7 Å². The molecule has 1 unspecified atom stereocenters. The molecular weight excluding hydrogens is 196 g/mol. The van der Waals surface area contributed by atoms with Crippen LogP contribution in [-0.4, -0.2) is 36.0 Å². The molecule has 0 aromatic carbocycles. The van der Waals surface area contributed by atoms with Gasteiger partial charge in [-0.1, -0.05) is 13.8 Å². The van der Waals surface area contributed by atoms with Crippen LogP contribution in [0, 0.1) is 0 Å². The van der Waals surface area contributed by atoms with Crippen LogP contribution in [0.2, 0.25) is 0 Å². The fourth-order valence-electron chi connectivity index (χ4n) is 1.06. The van der Waals surface area contributed by atoms with Gasteiger partial charge in [-0.05, 0) is 26.6 Å². The van der Waals surface area contributed by atoms with Gasteiger partial charge < -0.3 is 10.6 Å². The molecule has 0 aromatic rings. The summed E-state index contributed by atoms with van der Waals surface area (Å²) in [5.41, 5.74) is -0.465. The average Bonchev–Trinajstić information content (AvgIpc) is 2.13. The molecule has 3 nitrogen and oxygen atoms in total. The van der Waals surface area contributed by atoms with Gasteiger partial charge in [0.05, 0.1) is 5.54 Å². The molecule has 0 bridgehead atoms. The highest BCUT2D eigenvalue weighted by atomic mass is 32.2. The Morgan fingerprint density at radius 2 is 2.07 bits per heavy atom. The Bertz CT molecular complexity index is 183. The van der Waals surface area contributed by atoms with Crippen LogP contribution in [0.4, 0.5) is 0 Å². The number of carbonyl (C=O) groups excluding carboxylic acids is 1. The van der Waals surface area contributed by atoms with Gasteiger partial charge in [0.1, 0.15) is 0 Å². The van der Waals surface area contributed by atoms with E-state index in [-0.39, 0.29) is 5.91 Å². The van der Waals surface area contributed by atoms with Gasteiger partial charge in [0.2, 0.25) is 5.91 Å². The number of likely N-dealkylation sites (N-methyl/N-ethyl adjacent to an activating group) is 1. The molecule has 0 radical (unpaired) electrons. The second-order valence-corrected chi connectivity index (χ2v) is 5.19. The van der Waals surface area contributed by atoms with E-state index in [9.17, 15) is 4.79 Å². The Morgan fingerprint density at radius 1 is 1.50 bits per heavy atom. The Labute approximate surface area is 91.4 Å². The van der Waals surface area contributed by atoms with Crippen molar-refractivity contribution in [1.29, 1.82) is 0 Å². The maximum absolute atomic E-state index is 11.7. The normalized spacial score (nSPS) is 13.8. The van der Waals surface area contributed by atoms with Gasteiger partial charge in [0, 0.05) is 11.8 Å². The average molecular weight is 218 g/mol. The van der Waals surface area contributed by atoms with Crippen LogP contribution in [-0.2, 0) is 4.79 Å². The third-order valence-corrected chi connectivity index (χ3v) is 3.11. The van der Waals surface area contributed by atoms with E-state index in [2.05, 4.69) is 17.6 Å². The fraction of sp³-hybridized carbons (Fsp3) is 0.900. The lowest BCUT2D eigenvalue weighted by molar-refractivity contribution is -0.126. The molecule has 0 fully saturated rings. The highest BCUT2D eigenvalue weighted by Gasteiger charge is 2.25. The van der Waals surface area contributed by atoms with Gasteiger partial charge in [0.25, 0.3) is 0 Å². The lowest BCUT2D eigenvalue weighted by Crippen LogP contribution is -2.53. The Balaban J connectivity index is 3.94. The summed E-state index contributed by atoms with van der Waals surface area (Å²) in [4.78, 5) is 11.7. The standard InChI is InChI=1S/C10H22N2OS/c1-6-12-10(3,4)9(13)11-7-8(2)14-5/h8,12H,6-7H2,1-5H3,(H,11,13). The summed E-state index contributed by atoms with van der Waals surface area (Å²) in [6.07, 6.45) is 2.05. The zero-order chi connectivity index (χ0) is 11.2. The summed E-state index contributed by atoms with van der Waals surface area (Å²) in [6, 6.07) is 0. The van der Waals surface area contributed by atoms with Crippen molar-refractivity contribution < 1.29 is 4.79 Å². The molecule has 1 atom stereocenters. The Hall–Kier alpha value is -0.220. The maximum atomic E-state index is 11.7. The first-order valence-corrected chi connectivity index (χ1v) is 6.29. The van der Waals surface area contributed by atoms with Crippen molar-refractivity contribution in [2.24, 2.45) is 0 Å². The van der Waals surface area contributed by atoms with Crippen LogP contribution in [0.25, 0.3) is 0 Å². The predicted octanol–water partition coefficient (Wildman–Crippen LogP) is 1.24. The number of hydrogen-bond donors (Lipinski definition) is 2. The fourth-order valence-corrected chi connectivity index (χ4v) is 1.31. The first-order valence-electron chi connectivity index (χ1n) is 5.00. The largest absolute Gasteiger partial charge is 0.353 e. The Morgan fingerprint density at radius 3 is 2.50 bits per heavy atom. The summed E-state index contributed by atoms with van der Waals surface area (Å²) in [5.74, 6) is 0.0697. The van der Waals surface area contributed by atoms with Crippen LogP contribution >= 0.6 is 11.8 Å². The second-order valence-electron chi connectivity index (χ2n) is 3.91. The molecule has 4 heteroatoms. The zero-order valence-corrected chi connectivity index (χ0v) is 10.6. The van der Waals surface area contributed by atoms with E-state index in [1.165, 1.54) is 0 Å². The minimum absolute atomic E-state index is 0.0697. The second kappa shape index (κ2) is 6.30. The third-order valence-electron chi connectivity index (χ3n) is 2.14. The molecule has 0 aliphatic carbocycles. The van der Waals surface area contributed by atoms with E-state index in [0.29, 0.717) is 5.25 Å². The van der Waals surface area contributed by atoms with E-state index >= 15 is 0 Å². The lowest BCUT2D eigenvalue weighted by atomic mass is 10.0. The molecule has 1 amide bonds. The SMILES string of the molecule is CCNC(C)(C)C(=O)NCC(C)SC. The highest BCUT2D eigenvalue weighted by Crippen LogP contribution is 2.05. The number of nitrogens with one attached hydrogen (secondary N) is 2. The van der Waals surface area contributed by atoms with Crippen molar-refractivity contribution in [3.63, 3.8) is 0 Å². The van der Waals surface area contributed by atoms with Gasteiger partial charge in [-0.3, -0.25) is 4.79 Å². The van der Waals surface area contributed by atoms with E-state index in [1.807, 2.05) is 27.0 Å². The third kappa shape index (κ3) is 4.86. The molecule has 84 valence electrons. The number of amides is 1. The molecule has 0 rings (SSSR count). The van der Waals surface area contributed by atoms with Crippen LogP contribution < -0.4 is 10.6 Å². The topological polar surface area (TPSA) is 41.1 Å². The first kappa shape index (κ1) is 13.8. The minimum atomic E-state index is -0.465. The summed E-state index contributed by atoms with van der Waals surface area (Å²) >= 11 is 1.76. The van der Waals surface area contributed by atoms with Crippen LogP contribution in [0.15, 0.2) is 0 Å². The highest BCUT2D eigenvalue weighted by molar-refractivity contribution is 7.99. The van der Waals surface area contributed by atoms with Gasteiger partial charge in [-0.25, -0.2) is 0 Å². The van der Waals surface area contributed by atoms with Crippen molar-refractivity contribution in [2.45, 2.75) is 38.5 Å². The Kier molecular flexibility index (Phi) is 6.20. The molecule has 0 heterocycles. The summed E-state index contributed by atoms with van der Waals surface area (Å²) in [5, 5.41) is 6.55. The maximum Gasteiger partial charge on any atom is 0.239 e. The zero-order valence-electron chi connectivity index (χ0n) is 9.81. The molecule has 0 saturated heterocycles. The molecular formula is C10H22N2OS. The molecule has 0 aliphatic rings. The van der Waals surface area contributed by atoms with Gasteiger partial charge in [-0.2, -0.15) is 11.8 Å². The summed E-state index contributed by atoms with van der Waals surface area (Å²) in [7, 11) is 0. The first-order chi connectivity index (χ1) is 6.44. The number of hydrogen-bond acceptors (Lipinski definition) is 3. The van der Waals surface area contributed by atoms with E-state index < -0.39 is 5.54 Å². The van der Waals surface area contributed by atoms with Crippen molar-refractivity contribution in [3.05, 3.63) is 0 Å². The quantitative estimate of drug-likeness (QED) is 0.705. The molecule has 0 spiro atoms. The summed E-state index contributed by atoms with van der Waals surface area (Å²) in [6.45, 7) is 9.43. The summed E-state index contributed by atoms with van der Waals surface area (Å²) < 4.78 is 0. The van der Waals surface area contributed by atoms with E-state index in [0.717, 1.165) is 13.1 Å². The number of carbonyl (C=O) groups is 1. The van der Waals surface area contributed by atoms with Crippen molar-refractivity contribution in [1.82, 2.24) is 10.6 Å². The van der Waals surface area contributed by atoms with E-state index in [4.69, 9.17) is 0 Å². The van der Waals surface area contributed by atoms with Gasteiger partial charge in [0.15, 0.2) is 0 Å². The number of thioether (sulfide) groups is 1. The molecule has 0 saturated carbocycles. The minimum Gasteiger partial charge on any atom is -0.353 e. The molecule has 0 aromatic heterocycles. The van der Waals surface area contributed by atoms with Crippen molar-refractivity contribution in [2.75, 3.05) is 19.3 Å². The van der Waals surface area contributed by atoms with Crippen LogP contribution in [0.5, 0.6) is 0 Å². The van der Waals surface area contributed by atoms with Crippen LogP contribution in [0.1, 0.15) is 27.7 Å². The predicted molar refractivity (Wildman–Crippen MR) is 63.7 cm³/mol.